The zero-order chi connectivity index (χ0) is 23.0. The summed E-state index contributed by atoms with van der Waals surface area (Å²) in [6.45, 7) is 6.91. The summed E-state index contributed by atoms with van der Waals surface area (Å²) >= 11 is 0. The van der Waals surface area contributed by atoms with Gasteiger partial charge in [0.25, 0.3) is 0 Å². The maximum atomic E-state index is 12.8. The van der Waals surface area contributed by atoms with E-state index >= 15 is 0 Å². The number of carbonyl (C=O) groups is 2. The predicted octanol–water partition coefficient (Wildman–Crippen LogP) is -2.75. The molecule has 9 heteroatoms. The number of nitrogens with zero attached hydrogens (tertiary/aromatic N) is 2. The number of quaternary nitrogens is 2. The van der Waals surface area contributed by atoms with Crippen molar-refractivity contribution in [3.63, 3.8) is 0 Å². The number of amides is 2. The van der Waals surface area contributed by atoms with Crippen LogP contribution in [0.2, 0.25) is 0 Å². The standard InChI is InChI=1S/C21H42N4O4.Na/c1-9-17(19(22)28)10-16(14-26)11-21(2,3)20(29)23-15-25(7,8)13-18(27)12-24(4,5)6;/h16-18,27H,9-13,15H2,1-8H3,(H2-,22,23,28,29);/q;+1/p+1. The molecule has 3 unspecified atom stereocenters. The van der Waals surface area contributed by atoms with Gasteiger partial charge >= 0.3 is 29.6 Å². The zero-order valence-corrected chi connectivity index (χ0v) is 22.6. The zero-order valence-electron chi connectivity index (χ0n) is 20.6. The van der Waals surface area contributed by atoms with Gasteiger partial charge < -0.3 is 29.9 Å². The normalized spacial score (nSPS) is 15.5. The molecular formula is C21H43N4NaO4+2. The van der Waals surface area contributed by atoms with Crippen molar-refractivity contribution in [2.24, 2.45) is 23.0 Å². The fourth-order valence-electron chi connectivity index (χ4n) is 3.56. The predicted molar refractivity (Wildman–Crippen MR) is 114 cm³/mol. The van der Waals surface area contributed by atoms with Crippen LogP contribution in [0.4, 0.5) is 0 Å². The molecule has 0 saturated heterocycles. The van der Waals surface area contributed by atoms with Crippen LogP contribution in [0, 0.1) is 17.3 Å². The maximum Gasteiger partial charge on any atom is 1.00 e. The molecule has 0 spiro atoms. The number of rotatable bonds is 14. The molecule has 0 aliphatic heterocycles. The summed E-state index contributed by atoms with van der Waals surface area (Å²) in [6.07, 6.45) is 2.66. The van der Waals surface area contributed by atoms with Crippen LogP contribution in [0.5, 0.6) is 0 Å². The van der Waals surface area contributed by atoms with Crippen molar-refractivity contribution >= 4 is 18.1 Å². The monoisotopic (exact) mass is 438 g/mol. The van der Waals surface area contributed by atoms with Gasteiger partial charge in [0.2, 0.25) is 11.8 Å². The summed E-state index contributed by atoms with van der Waals surface area (Å²) in [5.41, 5.74) is 4.58. The van der Waals surface area contributed by atoms with E-state index in [1.807, 2.05) is 48.4 Å². The first-order valence-corrected chi connectivity index (χ1v) is 10.3. The molecule has 0 aromatic rings. The van der Waals surface area contributed by atoms with Crippen molar-refractivity contribution in [3.05, 3.63) is 0 Å². The second kappa shape index (κ2) is 13.1. The molecule has 0 aromatic carbocycles. The van der Waals surface area contributed by atoms with Crippen molar-refractivity contribution < 1.29 is 58.0 Å². The number of hydrogen-bond donors (Lipinski definition) is 3. The molecule has 0 radical (unpaired) electrons. The Kier molecular flexibility index (Phi) is 13.9. The molecule has 0 aliphatic rings. The molecule has 4 N–H and O–H groups in total. The number of carbonyl (C=O) groups excluding carboxylic acids is 3. The van der Waals surface area contributed by atoms with E-state index in [1.165, 1.54) is 0 Å². The van der Waals surface area contributed by atoms with Gasteiger partial charge in [0.15, 0.2) is 12.8 Å². The van der Waals surface area contributed by atoms with Crippen LogP contribution in [0.1, 0.15) is 40.0 Å². The van der Waals surface area contributed by atoms with E-state index in [2.05, 4.69) is 5.32 Å². The summed E-state index contributed by atoms with van der Waals surface area (Å²) in [7, 11) is 9.97. The minimum Gasteiger partial charge on any atom is -0.542 e. The van der Waals surface area contributed by atoms with Gasteiger partial charge in [0, 0.05) is 11.3 Å². The number of nitrogens with one attached hydrogen (secondary N) is 1. The molecule has 170 valence electrons. The molecule has 0 rings (SSSR count). The summed E-state index contributed by atoms with van der Waals surface area (Å²) in [5.74, 6) is -1.51. The molecule has 0 bridgehead atoms. The Balaban J connectivity index is 0. The largest absolute Gasteiger partial charge is 1.00 e. The van der Waals surface area contributed by atoms with E-state index in [0.29, 0.717) is 48.0 Å². The van der Waals surface area contributed by atoms with Crippen molar-refractivity contribution in [2.45, 2.75) is 46.1 Å². The Morgan fingerprint density at radius 2 is 1.67 bits per heavy atom. The fraction of sp³-hybridized carbons (Fsp3) is 0.857. The molecule has 0 aromatic heterocycles. The number of hydrogen-bond acceptors (Lipinski definition) is 4. The van der Waals surface area contributed by atoms with Crippen molar-refractivity contribution in [1.82, 2.24) is 5.32 Å². The van der Waals surface area contributed by atoms with Crippen LogP contribution in [0.25, 0.3) is 0 Å². The van der Waals surface area contributed by atoms with Crippen LogP contribution < -0.4 is 40.6 Å². The molecule has 0 aliphatic carbocycles. The molecule has 0 heterocycles. The first kappa shape index (κ1) is 31.7. The minimum absolute atomic E-state index is 0. The van der Waals surface area contributed by atoms with Gasteiger partial charge in [-0.15, -0.1) is 5.92 Å². The summed E-state index contributed by atoms with van der Waals surface area (Å²) in [4.78, 5) is 35.6. The number of primary amides is 1. The third-order valence-corrected chi connectivity index (χ3v) is 5.13. The van der Waals surface area contributed by atoms with Gasteiger partial charge in [-0.3, -0.25) is 15.9 Å². The number of aliphatic hydroxyl groups excluding tert-OH is 1. The van der Waals surface area contributed by atoms with Gasteiger partial charge in [-0.05, 0) is 6.42 Å². The van der Waals surface area contributed by atoms with E-state index in [4.69, 9.17) is 5.73 Å². The van der Waals surface area contributed by atoms with E-state index < -0.39 is 29.3 Å². The third kappa shape index (κ3) is 13.0. The second-order valence-corrected chi connectivity index (χ2v) is 10.6. The molecule has 0 saturated carbocycles. The van der Waals surface area contributed by atoms with Gasteiger partial charge in [-0.1, -0.05) is 33.6 Å². The van der Waals surface area contributed by atoms with Crippen LogP contribution >= 0.6 is 0 Å². The van der Waals surface area contributed by atoms with E-state index in [0.717, 1.165) is 0 Å². The molecule has 2 amide bonds. The Morgan fingerprint density at radius 1 is 1.13 bits per heavy atom. The Bertz CT molecular complexity index is 562. The van der Waals surface area contributed by atoms with Crippen LogP contribution in [-0.2, 0) is 14.4 Å². The Labute approximate surface area is 205 Å². The quantitative estimate of drug-likeness (QED) is 0.118. The fourth-order valence-corrected chi connectivity index (χ4v) is 3.56. The average molecular weight is 439 g/mol. The summed E-state index contributed by atoms with van der Waals surface area (Å²) in [5, 5.41) is 13.3. The third-order valence-electron chi connectivity index (χ3n) is 5.13. The summed E-state index contributed by atoms with van der Waals surface area (Å²) in [6, 6.07) is 0. The second-order valence-electron chi connectivity index (χ2n) is 10.6. The van der Waals surface area contributed by atoms with Crippen LogP contribution in [-0.4, -0.2) is 93.3 Å². The molecule has 3 atom stereocenters. The SMILES string of the molecule is CCC(CC([C-]=O)CC(C)(C)C(=O)NC[N+](C)(C)CC(O)C[N+](C)(C)C)C(N)=O.[Na+]. The van der Waals surface area contributed by atoms with Gasteiger partial charge in [0.05, 0.1) is 35.2 Å². The number of likely N-dealkylation sites (N-methyl/N-ethyl adjacent to an activating group) is 2. The number of nitrogens with two attached hydrogens (primary N) is 1. The first-order valence-electron chi connectivity index (χ1n) is 10.3. The van der Waals surface area contributed by atoms with Crippen molar-refractivity contribution in [3.8, 4) is 0 Å². The topological polar surface area (TPSA) is 109 Å². The van der Waals surface area contributed by atoms with E-state index in [9.17, 15) is 19.5 Å². The van der Waals surface area contributed by atoms with Crippen LogP contribution in [0.15, 0.2) is 0 Å². The van der Waals surface area contributed by atoms with Crippen molar-refractivity contribution in [1.29, 1.82) is 0 Å². The van der Waals surface area contributed by atoms with Gasteiger partial charge in [-0.25, -0.2) is 0 Å². The van der Waals surface area contributed by atoms with E-state index in [-0.39, 0.29) is 35.5 Å². The van der Waals surface area contributed by atoms with Gasteiger partial charge in [-0.2, -0.15) is 0 Å². The summed E-state index contributed by atoms with van der Waals surface area (Å²) < 4.78 is 1.10. The number of aliphatic hydroxyl groups is 1. The average Bonchev–Trinajstić information content (AvgIpc) is 2.53. The first-order chi connectivity index (χ1) is 13.0. The Morgan fingerprint density at radius 3 is 2.07 bits per heavy atom. The molecule has 0 fully saturated rings. The van der Waals surface area contributed by atoms with Crippen molar-refractivity contribution in [2.75, 3.05) is 55.0 Å². The maximum absolute atomic E-state index is 12.8. The molecule has 30 heavy (non-hydrogen) atoms. The minimum atomic E-state index is -0.793. The molecule has 8 nitrogen and oxygen atoms in total. The Hall–Kier alpha value is -0.510. The molecular weight excluding hydrogens is 395 g/mol. The van der Waals surface area contributed by atoms with Crippen LogP contribution in [0.3, 0.4) is 0 Å². The van der Waals surface area contributed by atoms with Gasteiger partial charge in [0.1, 0.15) is 13.1 Å². The van der Waals surface area contributed by atoms with E-state index in [1.54, 1.807) is 13.8 Å². The smallest absolute Gasteiger partial charge is 0.542 e.